The number of hydrogen-bond donors (Lipinski definition) is 2. The van der Waals surface area contributed by atoms with Gasteiger partial charge < -0.3 is 10.6 Å². The van der Waals surface area contributed by atoms with Gasteiger partial charge in [-0.2, -0.15) is 0 Å². The molecule has 0 saturated heterocycles. The maximum absolute atomic E-state index is 12.9. The van der Waals surface area contributed by atoms with Gasteiger partial charge in [0.2, 0.25) is 11.8 Å². The minimum atomic E-state index is -0.925. The quantitative estimate of drug-likeness (QED) is 0.769. The van der Waals surface area contributed by atoms with Gasteiger partial charge in [-0.15, -0.1) is 0 Å². The lowest BCUT2D eigenvalue weighted by Crippen LogP contribution is -2.39. The van der Waals surface area contributed by atoms with E-state index in [-0.39, 0.29) is 11.8 Å². The van der Waals surface area contributed by atoms with Crippen LogP contribution in [0.1, 0.15) is 49.3 Å². The fraction of sp³-hybridized carbons (Fsp3) is 0.364. The molecule has 2 aromatic carbocycles. The summed E-state index contributed by atoms with van der Waals surface area (Å²) in [6.07, 6.45) is 1.20. The third-order valence-electron chi connectivity index (χ3n) is 5.08. The number of benzene rings is 2. The maximum Gasteiger partial charge on any atom is 0.240 e. The number of rotatable bonds is 6. The van der Waals surface area contributed by atoms with Crippen molar-refractivity contribution in [2.24, 2.45) is 5.41 Å². The third-order valence-corrected chi connectivity index (χ3v) is 5.08. The van der Waals surface area contributed by atoms with E-state index < -0.39 is 5.41 Å². The zero-order valence-corrected chi connectivity index (χ0v) is 15.6. The molecule has 26 heavy (non-hydrogen) atoms. The van der Waals surface area contributed by atoms with Crippen LogP contribution in [0.2, 0.25) is 0 Å². The summed E-state index contributed by atoms with van der Waals surface area (Å²) < 4.78 is 0. The van der Waals surface area contributed by atoms with Crippen molar-refractivity contribution in [3.8, 4) is 0 Å². The van der Waals surface area contributed by atoms with Crippen LogP contribution < -0.4 is 10.6 Å². The summed E-state index contributed by atoms with van der Waals surface area (Å²) in [5.41, 5.74) is 3.06. The lowest BCUT2D eigenvalue weighted by atomic mass is 9.97. The molecule has 0 radical (unpaired) electrons. The van der Waals surface area contributed by atoms with Crippen molar-refractivity contribution in [2.45, 2.75) is 46.1 Å². The monoisotopic (exact) mass is 350 g/mol. The Hall–Kier alpha value is -2.62. The predicted molar refractivity (Wildman–Crippen MR) is 104 cm³/mol. The number of amides is 2. The topological polar surface area (TPSA) is 58.2 Å². The standard InChI is InChI=1S/C22H26N2O2/c1-15(2)18-11-7-8-16(3)19(18)24-21(26)22(12-13-22)20(25)23-14-17-9-5-4-6-10-17/h4-11,15H,12-14H2,1-3H3,(H,23,25)(H,24,26). The average molecular weight is 350 g/mol. The van der Waals surface area contributed by atoms with E-state index in [0.29, 0.717) is 25.3 Å². The van der Waals surface area contributed by atoms with Crippen molar-refractivity contribution in [2.75, 3.05) is 5.32 Å². The fourth-order valence-electron chi connectivity index (χ4n) is 3.21. The number of para-hydroxylation sites is 1. The van der Waals surface area contributed by atoms with Crippen molar-refractivity contribution in [3.63, 3.8) is 0 Å². The Bertz CT molecular complexity index is 808. The van der Waals surface area contributed by atoms with E-state index in [1.165, 1.54) is 0 Å². The van der Waals surface area contributed by atoms with Crippen LogP contribution in [0.3, 0.4) is 0 Å². The van der Waals surface area contributed by atoms with Gasteiger partial charge in [-0.3, -0.25) is 9.59 Å². The summed E-state index contributed by atoms with van der Waals surface area (Å²) in [6, 6.07) is 15.7. The molecule has 0 atom stereocenters. The van der Waals surface area contributed by atoms with Gasteiger partial charge in [0.05, 0.1) is 0 Å². The summed E-state index contributed by atoms with van der Waals surface area (Å²) in [5.74, 6) is -0.0787. The van der Waals surface area contributed by atoms with Crippen LogP contribution >= 0.6 is 0 Å². The number of nitrogens with one attached hydrogen (secondary N) is 2. The number of aryl methyl sites for hydroxylation is 1. The van der Waals surface area contributed by atoms with Crippen molar-refractivity contribution < 1.29 is 9.59 Å². The summed E-state index contributed by atoms with van der Waals surface area (Å²) >= 11 is 0. The molecular weight excluding hydrogens is 324 g/mol. The van der Waals surface area contributed by atoms with Gasteiger partial charge in [-0.05, 0) is 42.4 Å². The van der Waals surface area contributed by atoms with Crippen molar-refractivity contribution >= 4 is 17.5 Å². The van der Waals surface area contributed by atoms with Crippen molar-refractivity contribution in [1.82, 2.24) is 5.32 Å². The summed E-state index contributed by atoms with van der Waals surface area (Å²) in [4.78, 5) is 25.6. The Morgan fingerprint density at radius 1 is 1.00 bits per heavy atom. The van der Waals surface area contributed by atoms with Gasteiger partial charge in [0.25, 0.3) is 0 Å². The molecule has 0 heterocycles. The van der Waals surface area contributed by atoms with Crippen LogP contribution in [0.15, 0.2) is 48.5 Å². The lowest BCUT2D eigenvalue weighted by Gasteiger charge is -2.20. The molecular formula is C22H26N2O2. The predicted octanol–water partition coefficient (Wildman–Crippen LogP) is 4.15. The van der Waals surface area contributed by atoms with Crippen LogP contribution in [0.4, 0.5) is 5.69 Å². The van der Waals surface area contributed by atoms with E-state index in [0.717, 1.165) is 22.4 Å². The summed E-state index contributed by atoms with van der Waals surface area (Å²) in [7, 11) is 0. The highest BCUT2D eigenvalue weighted by Crippen LogP contribution is 2.47. The second kappa shape index (κ2) is 7.32. The Morgan fingerprint density at radius 2 is 1.69 bits per heavy atom. The SMILES string of the molecule is Cc1cccc(C(C)C)c1NC(=O)C1(C(=O)NCc2ccccc2)CC1. The summed E-state index contributed by atoms with van der Waals surface area (Å²) in [5, 5.41) is 5.96. The first-order valence-electron chi connectivity index (χ1n) is 9.17. The molecule has 0 aromatic heterocycles. The molecule has 2 amide bonds. The van der Waals surface area contributed by atoms with E-state index in [9.17, 15) is 9.59 Å². The average Bonchev–Trinajstić information content (AvgIpc) is 3.44. The first-order valence-corrected chi connectivity index (χ1v) is 9.17. The van der Waals surface area contributed by atoms with Gasteiger partial charge >= 0.3 is 0 Å². The Morgan fingerprint density at radius 3 is 2.31 bits per heavy atom. The number of carbonyl (C=O) groups is 2. The molecule has 1 fully saturated rings. The van der Waals surface area contributed by atoms with E-state index in [1.807, 2.05) is 55.5 Å². The highest BCUT2D eigenvalue weighted by molar-refractivity contribution is 6.13. The molecule has 2 N–H and O–H groups in total. The first-order chi connectivity index (χ1) is 12.4. The minimum absolute atomic E-state index is 0.182. The molecule has 1 aliphatic rings. The zero-order valence-electron chi connectivity index (χ0n) is 15.6. The zero-order chi connectivity index (χ0) is 18.7. The molecule has 1 aliphatic carbocycles. The van der Waals surface area contributed by atoms with Crippen LogP contribution in [-0.2, 0) is 16.1 Å². The van der Waals surface area contributed by atoms with E-state index >= 15 is 0 Å². The highest BCUT2D eigenvalue weighted by atomic mass is 16.2. The minimum Gasteiger partial charge on any atom is -0.351 e. The van der Waals surface area contributed by atoms with E-state index in [1.54, 1.807) is 0 Å². The largest absolute Gasteiger partial charge is 0.351 e. The Labute approximate surface area is 155 Å². The fourth-order valence-corrected chi connectivity index (χ4v) is 3.21. The third kappa shape index (κ3) is 3.64. The molecule has 4 heteroatoms. The molecule has 0 spiro atoms. The van der Waals surface area contributed by atoms with Gasteiger partial charge in [-0.25, -0.2) is 0 Å². The molecule has 136 valence electrons. The lowest BCUT2D eigenvalue weighted by molar-refractivity contribution is -0.134. The van der Waals surface area contributed by atoms with Crippen LogP contribution in [-0.4, -0.2) is 11.8 Å². The molecule has 1 saturated carbocycles. The van der Waals surface area contributed by atoms with Crippen LogP contribution in [0.5, 0.6) is 0 Å². The smallest absolute Gasteiger partial charge is 0.240 e. The summed E-state index contributed by atoms with van der Waals surface area (Å²) in [6.45, 7) is 6.63. The van der Waals surface area contributed by atoms with E-state index in [2.05, 4.69) is 24.5 Å². The molecule has 3 rings (SSSR count). The van der Waals surface area contributed by atoms with Crippen LogP contribution in [0.25, 0.3) is 0 Å². The van der Waals surface area contributed by atoms with Crippen molar-refractivity contribution in [3.05, 3.63) is 65.2 Å². The Balaban J connectivity index is 1.71. The Kier molecular flexibility index (Phi) is 5.12. The molecule has 2 aromatic rings. The van der Waals surface area contributed by atoms with Gasteiger partial charge in [0.15, 0.2) is 0 Å². The number of hydrogen-bond acceptors (Lipinski definition) is 2. The van der Waals surface area contributed by atoms with Gasteiger partial charge in [0.1, 0.15) is 5.41 Å². The van der Waals surface area contributed by atoms with E-state index in [4.69, 9.17) is 0 Å². The number of anilines is 1. The molecule has 0 bridgehead atoms. The maximum atomic E-state index is 12.9. The number of carbonyl (C=O) groups excluding carboxylic acids is 2. The van der Waals surface area contributed by atoms with Gasteiger partial charge in [-0.1, -0.05) is 62.4 Å². The second-order valence-electron chi connectivity index (χ2n) is 7.40. The molecule has 0 unspecified atom stereocenters. The normalized spacial score (nSPS) is 14.8. The molecule has 4 nitrogen and oxygen atoms in total. The van der Waals surface area contributed by atoms with Crippen LogP contribution in [0, 0.1) is 12.3 Å². The highest BCUT2D eigenvalue weighted by Gasteiger charge is 2.56. The first kappa shape index (κ1) is 18.2. The molecule has 0 aliphatic heterocycles. The second-order valence-corrected chi connectivity index (χ2v) is 7.40. The van der Waals surface area contributed by atoms with Gasteiger partial charge in [0, 0.05) is 12.2 Å². The van der Waals surface area contributed by atoms with Crippen molar-refractivity contribution in [1.29, 1.82) is 0 Å².